The Bertz CT molecular complexity index is 1610. The maximum absolute atomic E-state index is 13.7. The quantitative estimate of drug-likeness (QED) is 0.218. The Morgan fingerprint density at radius 2 is 1.90 bits per heavy atom. The van der Waals surface area contributed by atoms with Gasteiger partial charge in [-0.3, -0.25) is 9.78 Å². The van der Waals surface area contributed by atoms with E-state index < -0.39 is 5.54 Å². The second-order valence-electron chi connectivity index (χ2n) is 11.3. The van der Waals surface area contributed by atoms with Gasteiger partial charge in [-0.25, -0.2) is 0 Å². The fraction of sp³-hybridized carbons (Fsp3) is 0.294. The molecule has 0 unspecified atom stereocenters. The maximum Gasteiger partial charge on any atom is 0.252 e. The first-order chi connectivity index (χ1) is 19.3. The summed E-state index contributed by atoms with van der Waals surface area (Å²) in [7, 11) is 5.84. The number of carbonyl (C=O) groups is 1. The van der Waals surface area contributed by atoms with Crippen molar-refractivity contribution >= 4 is 39.2 Å². The molecule has 2 aliphatic rings. The van der Waals surface area contributed by atoms with Crippen LogP contribution >= 0.6 is 0 Å². The molecule has 4 aromatic rings. The average Bonchev–Trinajstić information content (AvgIpc) is 3.71. The number of fused-ring (bicyclic) bond motifs is 1. The lowest BCUT2D eigenvalue weighted by Crippen LogP contribution is -2.53. The summed E-state index contributed by atoms with van der Waals surface area (Å²) in [5, 5.41) is 4.48. The van der Waals surface area contributed by atoms with E-state index in [0.29, 0.717) is 17.4 Å². The number of nitrogens with zero attached hydrogens (tertiary/aromatic N) is 2. The number of nitrogens with one attached hydrogen (secondary N) is 1. The largest absolute Gasteiger partial charge is 0.493 e. The van der Waals surface area contributed by atoms with E-state index in [0.717, 1.165) is 59.0 Å². The van der Waals surface area contributed by atoms with Crippen LogP contribution in [0.1, 0.15) is 57.4 Å². The highest BCUT2D eigenvalue weighted by Crippen LogP contribution is 2.48. The molecule has 1 N–H and O–H groups in total. The minimum atomic E-state index is -0.416. The standard InChI is InChI=1S/C34H34N3O2Si/c1-22-6-4-7-24(18-22)10-11-25-19-29(27-8-5-16-35-30(27)20-25)34(14-15-34)36-32(38)28-21-26(12-9-23(28)2)39-33(40)31-13-17-37(31)3/h4-12,16,18-21,31,33H,13-15,17H2,1-3H3,(H,36,38)/b11-10+/t31-,33-/m0/s1. The van der Waals surface area contributed by atoms with Crippen LogP contribution in [-0.2, 0) is 5.54 Å². The van der Waals surface area contributed by atoms with Gasteiger partial charge in [-0.2, -0.15) is 0 Å². The lowest BCUT2D eigenvalue weighted by Gasteiger charge is -2.41. The van der Waals surface area contributed by atoms with E-state index in [2.05, 4.69) is 94.0 Å². The Kier molecular flexibility index (Phi) is 7.07. The molecule has 0 spiro atoms. The summed E-state index contributed by atoms with van der Waals surface area (Å²) in [6.45, 7) is 5.15. The number of carbonyl (C=O) groups excluding carboxylic acids is 1. The Hall–Kier alpha value is -3.74. The van der Waals surface area contributed by atoms with E-state index in [1.807, 2.05) is 37.4 Å². The molecule has 2 heterocycles. The molecule has 2 fully saturated rings. The molecule has 3 aromatic carbocycles. The van der Waals surface area contributed by atoms with Crippen LogP contribution in [0.2, 0.25) is 0 Å². The van der Waals surface area contributed by atoms with Gasteiger partial charge < -0.3 is 15.0 Å². The summed E-state index contributed by atoms with van der Waals surface area (Å²) in [5.41, 5.74) is 6.53. The summed E-state index contributed by atoms with van der Waals surface area (Å²) >= 11 is 0. The van der Waals surface area contributed by atoms with Gasteiger partial charge in [0.2, 0.25) is 0 Å². The van der Waals surface area contributed by atoms with E-state index in [-0.39, 0.29) is 11.6 Å². The number of hydrogen-bond acceptors (Lipinski definition) is 4. The van der Waals surface area contributed by atoms with Crippen molar-refractivity contribution in [2.75, 3.05) is 13.6 Å². The predicted molar refractivity (Wildman–Crippen MR) is 163 cm³/mol. The number of ether oxygens (including phenoxy) is 1. The Labute approximate surface area is 239 Å². The van der Waals surface area contributed by atoms with Crippen LogP contribution in [0.5, 0.6) is 5.75 Å². The van der Waals surface area contributed by atoms with Crippen LogP contribution in [0, 0.1) is 13.8 Å². The maximum atomic E-state index is 13.7. The lowest BCUT2D eigenvalue weighted by atomic mass is 9.95. The fourth-order valence-corrected chi connectivity index (χ4v) is 6.15. The van der Waals surface area contributed by atoms with Gasteiger partial charge in [0, 0.05) is 23.2 Å². The van der Waals surface area contributed by atoms with E-state index in [1.165, 1.54) is 5.56 Å². The van der Waals surface area contributed by atoms with Crippen molar-refractivity contribution in [3.63, 3.8) is 0 Å². The molecule has 3 radical (unpaired) electrons. The highest BCUT2D eigenvalue weighted by molar-refractivity contribution is 6.11. The van der Waals surface area contributed by atoms with Gasteiger partial charge in [0.15, 0.2) is 0 Å². The van der Waals surface area contributed by atoms with Crippen molar-refractivity contribution in [3.05, 3.63) is 106 Å². The number of aryl methyl sites for hydroxylation is 2. The van der Waals surface area contributed by atoms with Gasteiger partial charge in [0.25, 0.3) is 5.91 Å². The SMILES string of the molecule is Cc1cccc(/C=C/c2cc(C3(NC(=O)c4cc(O[C@@H]([Si])[C@@H]5CCN5C)ccc4C)CC3)c3cccnc3c2)c1. The molecule has 0 bridgehead atoms. The molecule has 1 aromatic heterocycles. The first-order valence-electron chi connectivity index (χ1n) is 14.0. The molecule has 1 aliphatic carbocycles. The molecule has 6 rings (SSSR count). The van der Waals surface area contributed by atoms with E-state index >= 15 is 0 Å². The number of hydrogen-bond donors (Lipinski definition) is 1. The average molecular weight is 545 g/mol. The third-order valence-electron chi connectivity index (χ3n) is 8.28. The third-order valence-corrected chi connectivity index (χ3v) is 8.78. The van der Waals surface area contributed by atoms with Crippen LogP contribution in [0.25, 0.3) is 23.1 Å². The molecule has 1 saturated carbocycles. The molecule has 1 aliphatic heterocycles. The summed E-state index contributed by atoms with van der Waals surface area (Å²) < 4.78 is 6.19. The van der Waals surface area contributed by atoms with Crippen LogP contribution in [0.15, 0.2) is 72.9 Å². The highest BCUT2D eigenvalue weighted by atomic mass is 28.1. The van der Waals surface area contributed by atoms with Gasteiger partial charge in [-0.1, -0.05) is 54.1 Å². The topological polar surface area (TPSA) is 54.5 Å². The monoisotopic (exact) mass is 544 g/mol. The van der Waals surface area contributed by atoms with Crippen molar-refractivity contribution in [1.29, 1.82) is 0 Å². The fourth-order valence-electron chi connectivity index (χ4n) is 5.60. The molecule has 5 nitrogen and oxygen atoms in total. The van der Waals surface area contributed by atoms with Gasteiger partial charge in [-0.15, -0.1) is 0 Å². The smallest absolute Gasteiger partial charge is 0.252 e. The number of likely N-dealkylation sites (tertiary alicyclic amines) is 1. The molecule has 6 heteroatoms. The van der Waals surface area contributed by atoms with Crippen molar-refractivity contribution in [1.82, 2.24) is 15.2 Å². The summed E-state index contributed by atoms with van der Waals surface area (Å²) in [6, 6.07) is 22.9. The van der Waals surface area contributed by atoms with Crippen molar-refractivity contribution in [2.24, 2.45) is 0 Å². The number of benzene rings is 3. The number of aromatic nitrogens is 1. The van der Waals surface area contributed by atoms with Crippen LogP contribution in [0.4, 0.5) is 0 Å². The van der Waals surface area contributed by atoms with Crippen molar-refractivity contribution in [2.45, 2.75) is 50.4 Å². The number of amides is 1. The zero-order valence-electron chi connectivity index (χ0n) is 23.3. The Morgan fingerprint density at radius 3 is 2.62 bits per heavy atom. The number of pyridine rings is 1. The lowest BCUT2D eigenvalue weighted by molar-refractivity contribution is 0.0562. The van der Waals surface area contributed by atoms with Crippen molar-refractivity contribution < 1.29 is 9.53 Å². The Morgan fingerprint density at radius 1 is 1.07 bits per heavy atom. The zero-order chi connectivity index (χ0) is 27.9. The molecule has 1 saturated heterocycles. The normalized spacial score (nSPS) is 18.9. The van der Waals surface area contributed by atoms with Gasteiger partial charge in [0.1, 0.15) is 5.75 Å². The molecule has 1 amide bonds. The third kappa shape index (κ3) is 5.34. The minimum Gasteiger partial charge on any atom is -0.493 e. The van der Waals surface area contributed by atoms with Gasteiger partial charge in [0.05, 0.1) is 27.0 Å². The second-order valence-corrected chi connectivity index (χ2v) is 11.8. The molecular weight excluding hydrogens is 510 g/mol. The summed E-state index contributed by atoms with van der Waals surface area (Å²) in [5.74, 6) is 0.614. The number of rotatable bonds is 8. The second kappa shape index (κ2) is 10.7. The summed E-state index contributed by atoms with van der Waals surface area (Å²) in [4.78, 5) is 20.7. The van der Waals surface area contributed by atoms with Crippen LogP contribution in [0.3, 0.4) is 0 Å². The highest BCUT2D eigenvalue weighted by Gasteiger charge is 2.47. The van der Waals surface area contributed by atoms with Crippen LogP contribution < -0.4 is 10.1 Å². The number of likely N-dealkylation sites (N-methyl/N-ethyl adjacent to an activating group) is 1. The van der Waals surface area contributed by atoms with E-state index in [1.54, 1.807) is 0 Å². The molecule has 40 heavy (non-hydrogen) atoms. The van der Waals surface area contributed by atoms with Crippen molar-refractivity contribution in [3.8, 4) is 5.75 Å². The first kappa shape index (κ1) is 26.5. The molecule has 201 valence electrons. The minimum absolute atomic E-state index is 0.0792. The van der Waals surface area contributed by atoms with E-state index in [9.17, 15) is 4.79 Å². The summed E-state index contributed by atoms with van der Waals surface area (Å²) in [6.07, 6.45) is 8.96. The van der Waals surface area contributed by atoms with E-state index in [4.69, 9.17) is 4.74 Å². The zero-order valence-corrected chi connectivity index (χ0v) is 24.3. The van der Waals surface area contributed by atoms with Gasteiger partial charge in [-0.05, 0) is 99.3 Å². The molecule has 2 atom stereocenters. The molecular formula is C34H34N3O2Si. The Balaban J connectivity index is 1.28. The van der Waals surface area contributed by atoms with Crippen LogP contribution in [-0.4, -0.2) is 51.4 Å². The van der Waals surface area contributed by atoms with Gasteiger partial charge >= 0.3 is 0 Å². The predicted octanol–water partition coefficient (Wildman–Crippen LogP) is 6.02. The first-order valence-corrected chi connectivity index (χ1v) is 14.5.